The van der Waals surface area contributed by atoms with Crippen molar-refractivity contribution in [1.82, 2.24) is 0 Å². The van der Waals surface area contributed by atoms with Gasteiger partial charge in [0, 0.05) is 20.1 Å². The summed E-state index contributed by atoms with van der Waals surface area (Å²) in [6.07, 6.45) is 0.935. The van der Waals surface area contributed by atoms with Crippen LogP contribution in [0.3, 0.4) is 0 Å². The van der Waals surface area contributed by atoms with Crippen LogP contribution >= 0.6 is 0 Å². The van der Waals surface area contributed by atoms with Gasteiger partial charge in [0.1, 0.15) is 5.75 Å². The third-order valence-corrected chi connectivity index (χ3v) is 1.75. The van der Waals surface area contributed by atoms with Crippen molar-refractivity contribution in [2.24, 2.45) is 0 Å². The number of ether oxygens (including phenoxy) is 2. The predicted octanol–water partition coefficient (Wildman–Crippen LogP) is 4.46. The first-order chi connectivity index (χ1) is 8.33. The number of aryl methyl sites for hydroxylation is 1. The lowest BCUT2D eigenvalue weighted by Crippen LogP contribution is -2.01. The lowest BCUT2D eigenvalue weighted by Gasteiger charge is -2.05. The van der Waals surface area contributed by atoms with E-state index in [-0.39, 0.29) is 0 Å². The smallest absolute Gasteiger partial charge is 0.119 e. The zero-order chi connectivity index (χ0) is 13.5. The van der Waals surface area contributed by atoms with Gasteiger partial charge in [-0.3, -0.25) is 0 Å². The first-order valence-electron chi connectivity index (χ1n) is 6.51. The van der Waals surface area contributed by atoms with Crippen molar-refractivity contribution in [2.75, 3.05) is 20.3 Å². The summed E-state index contributed by atoms with van der Waals surface area (Å²) in [6, 6.07) is 8.07. The number of benzene rings is 1. The van der Waals surface area contributed by atoms with Crippen LogP contribution < -0.4 is 4.74 Å². The van der Waals surface area contributed by atoms with E-state index in [0.29, 0.717) is 0 Å². The number of hydrogen-bond donors (Lipinski definition) is 0. The van der Waals surface area contributed by atoms with E-state index in [1.165, 1.54) is 5.56 Å². The molecule has 0 unspecified atom stereocenters. The highest BCUT2D eigenvalue weighted by atomic mass is 16.5. The molecule has 2 nitrogen and oxygen atoms in total. The summed E-state index contributed by atoms with van der Waals surface area (Å²) in [7, 11) is 1.70. The molecular formula is C15H28O2. The number of hydrogen-bond acceptors (Lipinski definition) is 2. The van der Waals surface area contributed by atoms with Gasteiger partial charge in [0.05, 0.1) is 6.61 Å². The standard InChI is InChI=1S/C11H16O2.2C2H6/c1-10-5-3-6-11(9-10)13-8-4-7-12-2;2*1-2/h3,5-6,9H,4,7-8H2,1-2H3;2*1-2H3. The Labute approximate surface area is 107 Å². The van der Waals surface area contributed by atoms with Crippen LogP contribution in [0.15, 0.2) is 24.3 Å². The van der Waals surface area contributed by atoms with E-state index >= 15 is 0 Å². The Morgan fingerprint density at radius 1 is 1.00 bits per heavy atom. The maximum Gasteiger partial charge on any atom is 0.119 e. The van der Waals surface area contributed by atoms with Crippen molar-refractivity contribution in [3.05, 3.63) is 29.8 Å². The molecule has 0 aromatic heterocycles. The average molecular weight is 240 g/mol. The fourth-order valence-electron chi connectivity index (χ4n) is 1.10. The molecule has 17 heavy (non-hydrogen) atoms. The molecule has 1 aromatic carbocycles. The summed E-state index contributed by atoms with van der Waals surface area (Å²) in [6.45, 7) is 11.5. The summed E-state index contributed by atoms with van der Waals surface area (Å²) in [5.74, 6) is 0.941. The minimum atomic E-state index is 0.720. The van der Waals surface area contributed by atoms with Gasteiger partial charge in [-0.2, -0.15) is 0 Å². The van der Waals surface area contributed by atoms with Gasteiger partial charge in [-0.1, -0.05) is 39.8 Å². The summed E-state index contributed by atoms with van der Waals surface area (Å²) in [4.78, 5) is 0. The fourth-order valence-corrected chi connectivity index (χ4v) is 1.10. The van der Waals surface area contributed by atoms with Gasteiger partial charge in [-0.15, -0.1) is 0 Å². The molecule has 0 atom stereocenters. The normalized spacial score (nSPS) is 8.35. The quantitative estimate of drug-likeness (QED) is 0.707. The summed E-state index contributed by atoms with van der Waals surface area (Å²) in [5, 5.41) is 0. The fraction of sp³-hybridized carbons (Fsp3) is 0.600. The molecule has 0 heterocycles. The molecule has 0 aliphatic heterocycles. The van der Waals surface area contributed by atoms with Crippen molar-refractivity contribution >= 4 is 0 Å². The lowest BCUT2D eigenvalue weighted by molar-refractivity contribution is 0.172. The second-order valence-corrected chi connectivity index (χ2v) is 3.01. The molecule has 0 N–H and O–H groups in total. The van der Waals surface area contributed by atoms with Crippen LogP contribution in [0, 0.1) is 6.92 Å². The van der Waals surface area contributed by atoms with E-state index in [2.05, 4.69) is 13.0 Å². The van der Waals surface area contributed by atoms with Crippen molar-refractivity contribution in [2.45, 2.75) is 41.0 Å². The van der Waals surface area contributed by atoms with Crippen LogP contribution in [-0.4, -0.2) is 20.3 Å². The van der Waals surface area contributed by atoms with E-state index in [9.17, 15) is 0 Å². The van der Waals surface area contributed by atoms with Crippen molar-refractivity contribution in [3.8, 4) is 5.75 Å². The molecule has 0 spiro atoms. The van der Waals surface area contributed by atoms with Crippen molar-refractivity contribution in [1.29, 1.82) is 0 Å². The Balaban J connectivity index is 0. The Hall–Kier alpha value is -1.02. The minimum Gasteiger partial charge on any atom is -0.493 e. The Morgan fingerprint density at radius 3 is 2.18 bits per heavy atom. The van der Waals surface area contributed by atoms with Gasteiger partial charge < -0.3 is 9.47 Å². The molecule has 0 saturated heterocycles. The molecule has 0 fully saturated rings. The molecule has 0 bridgehead atoms. The van der Waals surface area contributed by atoms with Gasteiger partial charge in [-0.05, 0) is 24.6 Å². The zero-order valence-corrected chi connectivity index (χ0v) is 12.2. The molecule has 0 aliphatic rings. The van der Waals surface area contributed by atoms with Crippen LogP contribution in [0.25, 0.3) is 0 Å². The molecule has 0 aliphatic carbocycles. The van der Waals surface area contributed by atoms with Crippen LogP contribution in [-0.2, 0) is 4.74 Å². The molecule has 0 amide bonds. The molecule has 100 valence electrons. The topological polar surface area (TPSA) is 18.5 Å². The van der Waals surface area contributed by atoms with E-state index in [4.69, 9.17) is 9.47 Å². The molecule has 0 radical (unpaired) electrons. The third kappa shape index (κ3) is 11.2. The Bertz CT molecular complexity index is 246. The minimum absolute atomic E-state index is 0.720. The van der Waals surface area contributed by atoms with E-state index in [1.54, 1.807) is 7.11 Å². The van der Waals surface area contributed by atoms with E-state index in [1.807, 2.05) is 45.9 Å². The van der Waals surface area contributed by atoms with E-state index < -0.39 is 0 Å². The van der Waals surface area contributed by atoms with Crippen LogP contribution in [0.5, 0.6) is 5.75 Å². The maximum absolute atomic E-state index is 5.51. The maximum atomic E-state index is 5.51. The first kappa shape index (κ1) is 18.3. The number of rotatable bonds is 5. The van der Waals surface area contributed by atoms with Gasteiger partial charge >= 0.3 is 0 Å². The van der Waals surface area contributed by atoms with Crippen molar-refractivity contribution in [3.63, 3.8) is 0 Å². The highest BCUT2D eigenvalue weighted by Crippen LogP contribution is 2.12. The third-order valence-electron chi connectivity index (χ3n) is 1.75. The number of methoxy groups -OCH3 is 1. The molecule has 2 heteroatoms. The van der Waals surface area contributed by atoms with Crippen LogP contribution in [0.1, 0.15) is 39.7 Å². The first-order valence-corrected chi connectivity index (χ1v) is 6.51. The van der Waals surface area contributed by atoms with E-state index in [0.717, 1.165) is 25.4 Å². The Kier molecular flexibility index (Phi) is 16.2. The predicted molar refractivity (Wildman–Crippen MR) is 75.9 cm³/mol. The summed E-state index contributed by atoms with van der Waals surface area (Å²) < 4.78 is 10.4. The monoisotopic (exact) mass is 240 g/mol. The summed E-state index contributed by atoms with van der Waals surface area (Å²) >= 11 is 0. The van der Waals surface area contributed by atoms with Crippen molar-refractivity contribution < 1.29 is 9.47 Å². The van der Waals surface area contributed by atoms with Gasteiger partial charge in [0.15, 0.2) is 0 Å². The molecular weight excluding hydrogens is 212 g/mol. The van der Waals surface area contributed by atoms with Crippen LogP contribution in [0.4, 0.5) is 0 Å². The average Bonchev–Trinajstić information content (AvgIpc) is 2.40. The Morgan fingerprint density at radius 2 is 1.65 bits per heavy atom. The highest BCUT2D eigenvalue weighted by molar-refractivity contribution is 5.27. The second-order valence-electron chi connectivity index (χ2n) is 3.01. The molecule has 1 rings (SSSR count). The van der Waals surface area contributed by atoms with Gasteiger partial charge in [0.2, 0.25) is 0 Å². The lowest BCUT2D eigenvalue weighted by atomic mass is 10.2. The molecule has 0 saturated carbocycles. The second kappa shape index (κ2) is 15.0. The van der Waals surface area contributed by atoms with Gasteiger partial charge in [-0.25, -0.2) is 0 Å². The highest BCUT2D eigenvalue weighted by Gasteiger charge is 1.92. The van der Waals surface area contributed by atoms with Crippen LogP contribution in [0.2, 0.25) is 0 Å². The summed E-state index contributed by atoms with van der Waals surface area (Å²) in [5.41, 5.74) is 1.23. The van der Waals surface area contributed by atoms with Gasteiger partial charge in [0.25, 0.3) is 0 Å². The zero-order valence-electron chi connectivity index (χ0n) is 12.2. The largest absolute Gasteiger partial charge is 0.493 e. The molecule has 1 aromatic rings. The SMILES string of the molecule is CC.CC.COCCCOc1cccc(C)c1.